The van der Waals surface area contributed by atoms with Gasteiger partial charge in [-0.25, -0.2) is 4.79 Å². The number of carbonyl (C=O) groups excluding carboxylic acids is 1. The third-order valence-electron chi connectivity index (χ3n) is 4.39. The first-order valence-electron chi connectivity index (χ1n) is 10.3. The first kappa shape index (κ1) is 23.6. The summed E-state index contributed by atoms with van der Waals surface area (Å²) in [6.45, 7) is 15.6. The molecule has 1 saturated heterocycles. The molecule has 164 valence electrons. The molecule has 1 aliphatic heterocycles. The Kier molecular flexibility index (Phi) is 8.09. The molecule has 0 bridgehead atoms. The van der Waals surface area contributed by atoms with Gasteiger partial charge in [0.2, 0.25) is 0 Å². The van der Waals surface area contributed by atoms with Gasteiger partial charge in [-0.1, -0.05) is 51.1 Å². The van der Waals surface area contributed by atoms with Gasteiger partial charge in [-0.3, -0.25) is 4.90 Å². The second kappa shape index (κ2) is 9.92. The number of amides is 1. The summed E-state index contributed by atoms with van der Waals surface area (Å²) >= 11 is 0. The largest absolute Gasteiger partial charge is 0.444 e. The molecule has 0 aliphatic carbocycles. The lowest BCUT2D eigenvalue weighted by molar-refractivity contribution is -0.228. The maximum atomic E-state index is 13.0. The van der Waals surface area contributed by atoms with Crippen molar-refractivity contribution in [1.82, 2.24) is 4.90 Å². The topological polar surface area (TPSA) is 57.2 Å². The van der Waals surface area contributed by atoms with Gasteiger partial charge in [-0.15, -0.1) is 0 Å². The van der Waals surface area contributed by atoms with Gasteiger partial charge >= 0.3 is 6.09 Å². The van der Waals surface area contributed by atoms with E-state index in [0.717, 1.165) is 5.56 Å². The minimum Gasteiger partial charge on any atom is -0.444 e. The fourth-order valence-corrected chi connectivity index (χ4v) is 3.05. The van der Waals surface area contributed by atoms with Crippen LogP contribution in [-0.2, 0) is 25.6 Å². The molecule has 6 heteroatoms. The Morgan fingerprint density at radius 3 is 2.38 bits per heavy atom. The van der Waals surface area contributed by atoms with Gasteiger partial charge in [-0.2, -0.15) is 0 Å². The summed E-state index contributed by atoms with van der Waals surface area (Å²) in [4.78, 5) is 14.7. The zero-order chi connectivity index (χ0) is 21.7. The van der Waals surface area contributed by atoms with Crippen molar-refractivity contribution in [2.75, 3.05) is 19.8 Å². The van der Waals surface area contributed by atoms with E-state index in [2.05, 4.69) is 20.8 Å². The molecule has 1 aromatic rings. The molecule has 29 heavy (non-hydrogen) atoms. The molecule has 0 radical (unpaired) electrons. The Labute approximate surface area is 175 Å². The molecule has 0 spiro atoms. The number of ether oxygens (including phenoxy) is 4. The van der Waals surface area contributed by atoms with Gasteiger partial charge in [0.25, 0.3) is 0 Å². The normalized spacial score (nSPS) is 23.1. The fraction of sp³-hybridized carbons (Fsp3) is 0.696. The number of morpholine rings is 1. The van der Waals surface area contributed by atoms with Gasteiger partial charge in [0.1, 0.15) is 5.60 Å². The Balaban J connectivity index is 2.04. The van der Waals surface area contributed by atoms with Crippen LogP contribution in [0.3, 0.4) is 0 Å². The van der Waals surface area contributed by atoms with Crippen molar-refractivity contribution in [2.24, 2.45) is 5.41 Å². The van der Waals surface area contributed by atoms with Crippen molar-refractivity contribution in [2.45, 2.75) is 79.0 Å². The van der Waals surface area contributed by atoms with Gasteiger partial charge in [0, 0.05) is 0 Å². The van der Waals surface area contributed by atoms with E-state index in [4.69, 9.17) is 18.9 Å². The smallest absolute Gasteiger partial charge is 0.411 e. The van der Waals surface area contributed by atoms with Crippen LogP contribution in [0.25, 0.3) is 0 Å². The minimum absolute atomic E-state index is 0.00940. The van der Waals surface area contributed by atoms with Crippen LogP contribution in [-0.4, -0.2) is 54.8 Å². The molecule has 0 aromatic heterocycles. The number of rotatable bonds is 6. The van der Waals surface area contributed by atoms with E-state index in [1.165, 1.54) is 0 Å². The van der Waals surface area contributed by atoms with Gasteiger partial charge in [0.15, 0.2) is 6.29 Å². The van der Waals surface area contributed by atoms with E-state index in [9.17, 15) is 4.79 Å². The zero-order valence-corrected chi connectivity index (χ0v) is 18.9. The van der Waals surface area contributed by atoms with Crippen LogP contribution in [0, 0.1) is 5.41 Å². The maximum absolute atomic E-state index is 13.0. The first-order chi connectivity index (χ1) is 13.5. The van der Waals surface area contributed by atoms with Crippen molar-refractivity contribution >= 4 is 6.09 Å². The summed E-state index contributed by atoms with van der Waals surface area (Å²) in [7, 11) is 0. The molecular formula is C23H37NO5. The number of hydrogen-bond donors (Lipinski definition) is 0. The molecule has 6 nitrogen and oxygen atoms in total. The second-order valence-corrected chi connectivity index (χ2v) is 9.86. The second-order valence-electron chi connectivity index (χ2n) is 9.86. The molecular weight excluding hydrogens is 370 g/mol. The highest BCUT2D eigenvalue weighted by Gasteiger charge is 2.41. The summed E-state index contributed by atoms with van der Waals surface area (Å²) in [5, 5.41) is 0. The van der Waals surface area contributed by atoms with E-state index < -0.39 is 11.9 Å². The van der Waals surface area contributed by atoms with Crippen molar-refractivity contribution in [3.8, 4) is 0 Å². The number of nitrogens with zero attached hydrogens (tertiary/aromatic N) is 1. The van der Waals surface area contributed by atoms with Crippen LogP contribution in [0.5, 0.6) is 0 Å². The third-order valence-corrected chi connectivity index (χ3v) is 4.39. The van der Waals surface area contributed by atoms with Gasteiger partial charge in [0.05, 0.1) is 38.5 Å². The van der Waals surface area contributed by atoms with Crippen LogP contribution < -0.4 is 0 Å². The first-order valence-corrected chi connectivity index (χ1v) is 10.3. The van der Waals surface area contributed by atoms with E-state index in [1.54, 1.807) is 4.90 Å². The van der Waals surface area contributed by atoms with Crippen LogP contribution in [0.1, 0.15) is 54.0 Å². The van der Waals surface area contributed by atoms with Crippen molar-refractivity contribution in [3.05, 3.63) is 35.9 Å². The molecule has 0 unspecified atom stereocenters. The summed E-state index contributed by atoms with van der Waals surface area (Å²) in [5.41, 5.74) is 0.523. The summed E-state index contributed by atoms with van der Waals surface area (Å²) in [5.74, 6) is 0. The molecule has 1 heterocycles. The number of benzene rings is 1. The molecule has 1 aromatic carbocycles. The van der Waals surface area contributed by atoms with Gasteiger partial charge in [-0.05, 0) is 38.7 Å². The monoisotopic (exact) mass is 407 g/mol. The van der Waals surface area contributed by atoms with Crippen molar-refractivity contribution < 1.29 is 23.7 Å². The Bertz CT molecular complexity index is 635. The van der Waals surface area contributed by atoms with Gasteiger partial charge < -0.3 is 18.9 Å². The molecule has 0 N–H and O–H groups in total. The lowest BCUT2D eigenvalue weighted by atomic mass is 9.98. The molecule has 3 atom stereocenters. The summed E-state index contributed by atoms with van der Waals surface area (Å²) in [6, 6.07) is 9.44. The highest BCUT2D eigenvalue weighted by molar-refractivity contribution is 5.69. The van der Waals surface area contributed by atoms with E-state index in [1.807, 2.05) is 58.0 Å². The molecule has 1 amide bonds. The average Bonchev–Trinajstić information content (AvgIpc) is 2.59. The van der Waals surface area contributed by atoms with Crippen molar-refractivity contribution in [3.63, 3.8) is 0 Å². The van der Waals surface area contributed by atoms with Crippen LogP contribution in [0.2, 0.25) is 0 Å². The standard InChI is InChI=1S/C23H37NO5/c1-17-20(28-16-22(2,3)4)27-15-19(24(17)21(25)29-23(5,6)7)14-26-13-18-11-9-8-10-12-18/h8-12,17,19-20H,13-16H2,1-7H3/t17-,19-,20-/m0/s1. The predicted octanol–water partition coefficient (Wildman–Crippen LogP) is 4.62. The van der Waals surface area contributed by atoms with E-state index >= 15 is 0 Å². The van der Waals surface area contributed by atoms with Crippen molar-refractivity contribution in [1.29, 1.82) is 0 Å². The lowest BCUT2D eigenvalue weighted by Crippen LogP contribution is -2.60. The highest BCUT2D eigenvalue weighted by atomic mass is 16.7. The van der Waals surface area contributed by atoms with E-state index in [0.29, 0.717) is 26.4 Å². The molecule has 1 aliphatic rings. The average molecular weight is 408 g/mol. The number of carbonyl (C=O) groups is 1. The summed E-state index contributed by atoms with van der Waals surface area (Å²) < 4.78 is 23.5. The Morgan fingerprint density at radius 1 is 1.14 bits per heavy atom. The summed E-state index contributed by atoms with van der Waals surface area (Å²) in [6.07, 6.45) is -0.863. The SMILES string of the molecule is C[C@H]1[C@H](OCC(C)(C)C)OC[C@H](COCc2ccccc2)N1C(=O)OC(C)(C)C. The Hall–Kier alpha value is -1.63. The predicted molar refractivity (Wildman–Crippen MR) is 113 cm³/mol. The minimum atomic E-state index is -0.577. The van der Waals surface area contributed by atoms with Crippen LogP contribution >= 0.6 is 0 Å². The van der Waals surface area contributed by atoms with Crippen LogP contribution in [0.15, 0.2) is 30.3 Å². The molecule has 2 rings (SSSR count). The Morgan fingerprint density at radius 2 is 1.79 bits per heavy atom. The molecule has 0 saturated carbocycles. The quantitative estimate of drug-likeness (QED) is 0.689. The van der Waals surface area contributed by atoms with Crippen LogP contribution in [0.4, 0.5) is 4.79 Å². The third kappa shape index (κ3) is 7.96. The number of hydrogen-bond acceptors (Lipinski definition) is 5. The maximum Gasteiger partial charge on any atom is 0.411 e. The highest BCUT2D eigenvalue weighted by Crippen LogP contribution is 2.25. The lowest BCUT2D eigenvalue weighted by Gasteiger charge is -2.44. The molecule has 1 fully saturated rings. The van der Waals surface area contributed by atoms with E-state index in [-0.39, 0.29) is 23.6 Å². The zero-order valence-electron chi connectivity index (χ0n) is 18.9. The fourth-order valence-electron chi connectivity index (χ4n) is 3.05.